The molecule has 40 heavy (non-hydrogen) atoms. The molecule has 0 spiro atoms. The molecule has 2 aromatic carbocycles. The van der Waals surface area contributed by atoms with Gasteiger partial charge in [0.25, 0.3) is 9.05 Å². The first-order chi connectivity index (χ1) is 18.7. The predicted molar refractivity (Wildman–Crippen MR) is 162 cm³/mol. The van der Waals surface area contributed by atoms with Crippen molar-refractivity contribution in [3.8, 4) is 0 Å². The van der Waals surface area contributed by atoms with E-state index >= 15 is 0 Å². The van der Waals surface area contributed by atoms with Crippen molar-refractivity contribution in [1.29, 1.82) is 0 Å². The molecule has 0 unspecified atom stereocenters. The summed E-state index contributed by atoms with van der Waals surface area (Å²) in [6, 6.07) is 16.1. The zero-order valence-corrected chi connectivity index (χ0v) is 27.3. The van der Waals surface area contributed by atoms with Crippen LogP contribution in [0.4, 0.5) is 0 Å². The van der Waals surface area contributed by atoms with Crippen LogP contribution < -0.4 is 4.72 Å². The summed E-state index contributed by atoms with van der Waals surface area (Å²) < 4.78 is 50.6. The molecule has 15 heteroatoms. The summed E-state index contributed by atoms with van der Waals surface area (Å²) in [6.45, 7) is 14.0. The first kappa shape index (κ1) is 47.2. The molecule has 0 atom stereocenters. The second-order valence-electron chi connectivity index (χ2n) is 5.97. The Hall–Kier alpha value is -2.65. The lowest BCUT2D eigenvalue weighted by Gasteiger charge is -1.99. The molecule has 0 bridgehead atoms. The maximum atomic E-state index is 11.1. The van der Waals surface area contributed by atoms with E-state index in [0.29, 0.717) is 4.90 Å². The minimum absolute atomic E-state index is 0.136. The highest BCUT2D eigenvalue weighted by Gasteiger charge is 2.08. The normalized spacial score (nSPS) is 10.7. The number of ether oxygens (including phenoxy) is 1. The molecule has 0 saturated carbocycles. The maximum absolute atomic E-state index is 11.1. The van der Waals surface area contributed by atoms with Crippen LogP contribution in [0.25, 0.3) is 0 Å². The molecule has 0 aliphatic carbocycles. The Kier molecular flexibility index (Phi) is 38.4. The Bertz CT molecular complexity index is 1010. The Morgan fingerprint density at radius 1 is 0.700 bits per heavy atom. The van der Waals surface area contributed by atoms with Gasteiger partial charge in [-0.15, -0.1) is 0 Å². The van der Waals surface area contributed by atoms with Gasteiger partial charge >= 0.3 is 0 Å². The molecule has 0 aromatic heterocycles. The Morgan fingerprint density at radius 3 is 1.15 bits per heavy atom. The van der Waals surface area contributed by atoms with E-state index in [-0.39, 0.29) is 4.90 Å². The summed E-state index contributed by atoms with van der Waals surface area (Å²) in [7, 11) is 1.42. The smallest absolute Gasteiger partial charge is 0.261 e. The number of halogens is 1. The third kappa shape index (κ3) is 37.5. The average Bonchev–Trinajstić information content (AvgIpc) is 3.53. The van der Waals surface area contributed by atoms with Gasteiger partial charge in [0.05, 0.1) is 9.79 Å². The second-order valence-corrected chi connectivity index (χ2v) is 10.4. The molecule has 1 saturated heterocycles. The average molecular weight is 632 g/mol. The fraction of sp³-hybridized carbons (Fsp3) is 0.520. The maximum Gasteiger partial charge on any atom is 0.261 e. The number of rotatable bonds is 3. The van der Waals surface area contributed by atoms with Gasteiger partial charge in [-0.2, -0.15) is 0 Å². The summed E-state index contributed by atoms with van der Waals surface area (Å²) >= 11 is 0. The van der Waals surface area contributed by atoms with Crippen LogP contribution in [-0.4, -0.2) is 61.0 Å². The molecule has 0 amide bonds. The quantitative estimate of drug-likeness (QED) is 0.246. The van der Waals surface area contributed by atoms with Crippen LogP contribution in [0.2, 0.25) is 0 Å². The number of hydrogen-bond donors (Lipinski definition) is 1. The standard InChI is InChI=1S/C7H9NO2S.C6H5ClO2S.C4H8O.3C2H6.2CH3NO2/c1-8-11(9,10)7-5-3-2-4-6-7;7-10(8,9)6-4-2-1-3-5-6;1-2-4-5-3-1;3*1-2;2*1-2(3)4/h2-6,8H,1H3;1-5H;1-4H2;3*1-2H3;2*1H3. The van der Waals surface area contributed by atoms with Crippen molar-refractivity contribution in [2.24, 2.45) is 0 Å². The topological polar surface area (TPSA) is 176 Å². The van der Waals surface area contributed by atoms with E-state index in [4.69, 9.17) is 35.6 Å². The Morgan fingerprint density at radius 2 is 0.975 bits per heavy atom. The highest BCUT2D eigenvalue weighted by Crippen LogP contribution is 2.12. The van der Waals surface area contributed by atoms with Gasteiger partial charge in [0.15, 0.2) is 14.1 Å². The molecule has 12 nitrogen and oxygen atoms in total. The molecule has 1 heterocycles. The fourth-order valence-corrected chi connectivity index (χ4v) is 3.35. The van der Waals surface area contributed by atoms with Crippen LogP contribution in [0.3, 0.4) is 0 Å². The lowest BCUT2D eigenvalue weighted by atomic mass is 10.4. The van der Waals surface area contributed by atoms with E-state index in [1.807, 2.05) is 41.5 Å². The number of nitrogens with zero attached hydrogens (tertiary/aromatic N) is 2. The molecular weight excluding hydrogens is 586 g/mol. The van der Waals surface area contributed by atoms with E-state index < -0.39 is 28.9 Å². The van der Waals surface area contributed by atoms with Crippen molar-refractivity contribution < 1.29 is 31.4 Å². The summed E-state index contributed by atoms with van der Waals surface area (Å²) in [6.07, 6.45) is 2.56. The summed E-state index contributed by atoms with van der Waals surface area (Å²) in [5.74, 6) is 0. The first-order valence-corrected chi connectivity index (χ1v) is 16.2. The highest BCUT2D eigenvalue weighted by atomic mass is 35.7. The first-order valence-electron chi connectivity index (χ1n) is 12.5. The van der Waals surface area contributed by atoms with E-state index in [2.05, 4.69) is 4.72 Å². The monoisotopic (exact) mass is 631 g/mol. The van der Waals surface area contributed by atoms with E-state index in [1.54, 1.807) is 48.5 Å². The molecule has 1 aliphatic rings. The van der Waals surface area contributed by atoms with Crippen molar-refractivity contribution in [1.82, 2.24) is 4.72 Å². The summed E-state index contributed by atoms with van der Waals surface area (Å²) in [4.78, 5) is 17.0. The van der Waals surface area contributed by atoms with Crippen LogP contribution >= 0.6 is 10.7 Å². The van der Waals surface area contributed by atoms with E-state index in [0.717, 1.165) is 27.3 Å². The molecule has 2 aromatic rings. The SMILES string of the molecule is C1CCOC1.CC.CC.CC.CNS(=O)(=O)c1ccccc1.C[N+](=O)[O-].C[N+](=O)[O-].O=S(=O)(Cl)c1ccccc1. The van der Waals surface area contributed by atoms with Gasteiger partial charge in [0, 0.05) is 33.7 Å². The zero-order valence-electron chi connectivity index (χ0n) is 24.9. The minimum atomic E-state index is -3.53. The van der Waals surface area contributed by atoms with Crippen LogP contribution in [0.15, 0.2) is 70.5 Å². The molecule has 1 aliphatic heterocycles. The minimum Gasteiger partial charge on any atom is -0.381 e. The lowest BCUT2D eigenvalue weighted by molar-refractivity contribution is -0.445. The van der Waals surface area contributed by atoms with Crippen LogP contribution in [0.5, 0.6) is 0 Å². The molecular formula is C25H46ClN3O9S2. The molecule has 0 radical (unpaired) electrons. The number of nitro groups is 2. The molecule has 1 fully saturated rings. The third-order valence-corrected chi connectivity index (χ3v) is 5.97. The van der Waals surface area contributed by atoms with Crippen LogP contribution in [-0.2, 0) is 23.8 Å². The Balaban J connectivity index is -0.000000128. The van der Waals surface area contributed by atoms with E-state index in [9.17, 15) is 16.8 Å². The van der Waals surface area contributed by atoms with Crippen molar-refractivity contribution in [3.63, 3.8) is 0 Å². The van der Waals surface area contributed by atoms with Gasteiger partial charge in [-0.3, -0.25) is 20.2 Å². The fourth-order valence-electron chi connectivity index (χ4n) is 1.81. The molecule has 234 valence electrons. The second kappa shape index (κ2) is 32.6. The van der Waals surface area contributed by atoms with Crippen molar-refractivity contribution in [2.75, 3.05) is 34.4 Å². The number of hydrogen-bond acceptors (Lipinski definition) is 9. The largest absolute Gasteiger partial charge is 0.381 e. The van der Waals surface area contributed by atoms with Crippen molar-refractivity contribution in [2.45, 2.75) is 64.2 Å². The van der Waals surface area contributed by atoms with Crippen molar-refractivity contribution in [3.05, 3.63) is 80.9 Å². The molecule has 1 N–H and O–H groups in total. The summed E-state index contributed by atoms with van der Waals surface area (Å²) in [5, 5.41) is 17.6. The number of nitrogens with one attached hydrogen (secondary N) is 1. The zero-order chi connectivity index (χ0) is 32.6. The highest BCUT2D eigenvalue weighted by molar-refractivity contribution is 8.13. The predicted octanol–water partition coefficient (Wildman–Crippen LogP) is 5.87. The van der Waals surface area contributed by atoms with Crippen molar-refractivity contribution >= 4 is 29.8 Å². The van der Waals surface area contributed by atoms with Gasteiger partial charge in [-0.05, 0) is 44.2 Å². The van der Waals surface area contributed by atoms with Crippen LogP contribution in [0, 0.1) is 20.2 Å². The van der Waals surface area contributed by atoms with Crippen LogP contribution in [0.1, 0.15) is 54.4 Å². The van der Waals surface area contributed by atoms with Gasteiger partial charge < -0.3 is 4.74 Å². The van der Waals surface area contributed by atoms with Gasteiger partial charge in [-0.25, -0.2) is 21.6 Å². The molecule has 3 rings (SSSR count). The Labute approximate surface area is 244 Å². The van der Waals surface area contributed by atoms with E-state index in [1.165, 1.54) is 32.0 Å². The number of benzene rings is 2. The van der Waals surface area contributed by atoms with Gasteiger partial charge in [0.1, 0.15) is 0 Å². The lowest BCUT2D eigenvalue weighted by Crippen LogP contribution is -2.18. The number of sulfonamides is 1. The summed E-state index contributed by atoms with van der Waals surface area (Å²) in [5.41, 5.74) is 0. The van der Waals surface area contributed by atoms with Gasteiger partial charge in [0.2, 0.25) is 10.0 Å². The third-order valence-electron chi connectivity index (χ3n) is 3.17. The van der Waals surface area contributed by atoms with Gasteiger partial charge in [-0.1, -0.05) is 77.9 Å².